The molecule has 0 amide bonds. The average molecular weight is 651 g/mol. The van der Waals surface area contributed by atoms with E-state index in [1.54, 1.807) is 0 Å². The van der Waals surface area contributed by atoms with Crippen molar-refractivity contribution >= 4 is 11.9 Å². The fraction of sp³-hybridized carbons (Fsp3) is 0.952. The quantitative estimate of drug-likeness (QED) is 0.0567. The predicted octanol–water partition coefficient (Wildman–Crippen LogP) is 13.6. The predicted molar refractivity (Wildman–Crippen MR) is 199 cm³/mol. The van der Waals surface area contributed by atoms with E-state index in [0.717, 1.165) is 44.9 Å². The molecule has 0 aliphatic carbocycles. The van der Waals surface area contributed by atoms with Crippen molar-refractivity contribution in [2.45, 2.75) is 216 Å². The first-order valence-corrected chi connectivity index (χ1v) is 20.5. The molecule has 4 atom stereocenters. The first-order chi connectivity index (χ1) is 22.1. The summed E-state index contributed by atoms with van der Waals surface area (Å²) in [5.74, 6) is 1.62. The van der Waals surface area contributed by atoms with Gasteiger partial charge in [0.15, 0.2) is 0 Å². The second-order valence-electron chi connectivity index (χ2n) is 15.6. The summed E-state index contributed by atoms with van der Waals surface area (Å²) in [5, 5.41) is 8.72. The molecule has 0 aromatic heterocycles. The van der Waals surface area contributed by atoms with Gasteiger partial charge in [-0.25, -0.2) is 0 Å². The van der Waals surface area contributed by atoms with Crippen molar-refractivity contribution in [3.8, 4) is 0 Å². The molecule has 0 radical (unpaired) electrons. The Bertz CT molecular complexity index is 716. The van der Waals surface area contributed by atoms with Gasteiger partial charge in [0.25, 0.3) is 0 Å². The molecule has 0 saturated carbocycles. The van der Waals surface area contributed by atoms with E-state index in [1.165, 1.54) is 109 Å². The van der Waals surface area contributed by atoms with Gasteiger partial charge in [0.1, 0.15) is 0 Å². The standard InChI is InChI=1S/C42H82O4/c1-9-13-29-37(11-3)33-42(36(7)8,41(45)46-34-38(12-4)30-14-10-2)39(35(5)6)31-27-25-23-21-19-17-15-16-18-20-22-24-26-28-32-40(43)44/h35-39H,9-34H2,1-8H3,(H,43,44). The van der Waals surface area contributed by atoms with Crippen LogP contribution in [0.15, 0.2) is 0 Å². The Morgan fingerprint density at radius 3 is 1.41 bits per heavy atom. The molecule has 0 aliphatic heterocycles. The normalized spacial score (nSPS) is 15.2. The first-order valence-electron chi connectivity index (χ1n) is 20.5. The number of carbonyl (C=O) groups is 2. The van der Waals surface area contributed by atoms with Crippen molar-refractivity contribution in [1.29, 1.82) is 0 Å². The summed E-state index contributed by atoms with van der Waals surface area (Å²) < 4.78 is 6.38. The number of hydrogen-bond acceptors (Lipinski definition) is 3. The molecule has 0 aromatic carbocycles. The fourth-order valence-electron chi connectivity index (χ4n) is 7.88. The van der Waals surface area contributed by atoms with E-state index in [0.29, 0.717) is 36.7 Å². The second-order valence-corrected chi connectivity index (χ2v) is 15.6. The van der Waals surface area contributed by atoms with Crippen molar-refractivity contribution < 1.29 is 19.4 Å². The van der Waals surface area contributed by atoms with Crippen LogP contribution in [0.4, 0.5) is 0 Å². The highest BCUT2D eigenvalue weighted by molar-refractivity contribution is 5.77. The second kappa shape index (κ2) is 28.9. The number of carboxylic acid groups (broad SMARTS) is 1. The summed E-state index contributed by atoms with van der Waals surface area (Å²) in [7, 11) is 0. The zero-order valence-electron chi connectivity index (χ0n) is 32.4. The molecule has 0 spiro atoms. The van der Waals surface area contributed by atoms with E-state index in [1.807, 2.05) is 0 Å². The number of carboxylic acids is 1. The molecule has 0 rings (SSSR count). The summed E-state index contributed by atoms with van der Waals surface area (Å²) in [6, 6.07) is 0. The summed E-state index contributed by atoms with van der Waals surface area (Å²) in [4.78, 5) is 25.0. The molecular formula is C42H82O4. The van der Waals surface area contributed by atoms with E-state index in [9.17, 15) is 9.59 Å². The zero-order chi connectivity index (χ0) is 34.6. The highest BCUT2D eigenvalue weighted by Gasteiger charge is 2.51. The van der Waals surface area contributed by atoms with Crippen molar-refractivity contribution in [1.82, 2.24) is 0 Å². The molecule has 0 aliphatic rings. The molecule has 0 bridgehead atoms. The van der Waals surface area contributed by atoms with E-state index in [2.05, 4.69) is 55.4 Å². The van der Waals surface area contributed by atoms with Gasteiger partial charge in [-0.3, -0.25) is 9.59 Å². The SMILES string of the molecule is CCCCC(CC)COC(=O)C(CC(CC)CCCC)(C(C)C)C(CCCCCCCCCCCCCCCCC(=O)O)C(C)C. The summed E-state index contributed by atoms with van der Waals surface area (Å²) >= 11 is 0. The number of unbranched alkanes of at least 4 members (excludes halogenated alkanes) is 15. The Morgan fingerprint density at radius 2 is 1.02 bits per heavy atom. The fourth-order valence-corrected chi connectivity index (χ4v) is 7.88. The number of hydrogen-bond donors (Lipinski definition) is 1. The van der Waals surface area contributed by atoms with Crippen LogP contribution in [-0.2, 0) is 14.3 Å². The van der Waals surface area contributed by atoms with Gasteiger partial charge in [0, 0.05) is 6.42 Å². The van der Waals surface area contributed by atoms with Gasteiger partial charge >= 0.3 is 11.9 Å². The van der Waals surface area contributed by atoms with E-state index >= 15 is 0 Å². The van der Waals surface area contributed by atoms with Crippen molar-refractivity contribution in [3.63, 3.8) is 0 Å². The van der Waals surface area contributed by atoms with Crippen LogP contribution in [0.25, 0.3) is 0 Å². The zero-order valence-corrected chi connectivity index (χ0v) is 32.4. The Morgan fingerprint density at radius 1 is 0.587 bits per heavy atom. The van der Waals surface area contributed by atoms with Crippen LogP contribution >= 0.6 is 0 Å². The molecular weight excluding hydrogens is 568 g/mol. The molecule has 0 aromatic rings. The third-order valence-corrected chi connectivity index (χ3v) is 11.2. The third kappa shape index (κ3) is 19.7. The lowest BCUT2D eigenvalue weighted by molar-refractivity contribution is -0.170. The van der Waals surface area contributed by atoms with E-state index in [4.69, 9.17) is 9.84 Å². The minimum absolute atomic E-state index is 0.115. The Hall–Kier alpha value is -1.06. The Labute approximate surface area is 288 Å². The lowest BCUT2D eigenvalue weighted by Gasteiger charge is -2.46. The van der Waals surface area contributed by atoms with Gasteiger partial charge in [0.2, 0.25) is 0 Å². The Balaban J connectivity index is 5.00. The van der Waals surface area contributed by atoms with Crippen molar-refractivity contribution in [2.75, 3.05) is 6.61 Å². The van der Waals surface area contributed by atoms with Crippen LogP contribution in [0, 0.1) is 35.0 Å². The molecule has 0 heterocycles. The smallest absolute Gasteiger partial charge is 0.312 e. The largest absolute Gasteiger partial charge is 0.481 e. The molecule has 1 N–H and O–H groups in total. The van der Waals surface area contributed by atoms with Crippen molar-refractivity contribution in [3.05, 3.63) is 0 Å². The third-order valence-electron chi connectivity index (χ3n) is 11.2. The number of aliphatic carboxylic acids is 1. The average Bonchev–Trinajstić information content (AvgIpc) is 3.02. The highest BCUT2D eigenvalue weighted by Crippen LogP contribution is 2.50. The minimum atomic E-state index is -0.665. The minimum Gasteiger partial charge on any atom is -0.481 e. The van der Waals surface area contributed by atoms with Crippen LogP contribution in [-0.4, -0.2) is 23.7 Å². The van der Waals surface area contributed by atoms with Gasteiger partial charge in [-0.1, -0.05) is 184 Å². The molecule has 4 unspecified atom stereocenters. The molecule has 4 nitrogen and oxygen atoms in total. The molecule has 4 heteroatoms. The van der Waals surface area contributed by atoms with E-state index in [-0.39, 0.29) is 11.9 Å². The number of ether oxygens (including phenoxy) is 1. The monoisotopic (exact) mass is 651 g/mol. The summed E-state index contributed by atoms with van der Waals surface area (Å²) in [5.41, 5.74) is -0.399. The van der Waals surface area contributed by atoms with Gasteiger partial charge in [-0.2, -0.15) is 0 Å². The van der Waals surface area contributed by atoms with Gasteiger partial charge in [-0.15, -0.1) is 0 Å². The Kier molecular flexibility index (Phi) is 28.2. The maximum absolute atomic E-state index is 14.4. The molecule has 0 saturated heterocycles. The van der Waals surface area contributed by atoms with Gasteiger partial charge in [0.05, 0.1) is 12.0 Å². The van der Waals surface area contributed by atoms with Gasteiger partial charge in [-0.05, 0) is 55.3 Å². The number of rotatable bonds is 33. The highest BCUT2D eigenvalue weighted by atomic mass is 16.5. The van der Waals surface area contributed by atoms with Crippen LogP contribution in [0.5, 0.6) is 0 Å². The van der Waals surface area contributed by atoms with Gasteiger partial charge < -0.3 is 9.84 Å². The molecule has 0 fully saturated rings. The number of carbonyl (C=O) groups excluding carboxylic acids is 1. The van der Waals surface area contributed by atoms with Crippen LogP contribution in [0.3, 0.4) is 0 Å². The number of esters is 1. The maximum Gasteiger partial charge on any atom is 0.312 e. The van der Waals surface area contributed by atoms with Crippen LogP contribution in [0.2, 0.25) is 0 Å². The van der Waals surface area contributed by atoms with E-state index < -0.39 is 11.4 Å². The van der Waals surface area contributed by atoms with Crippen molar-refractivity contribution in [2.24, 2.45) is 35.0 Å². The lowest BCUT2D eigenvalue weighted by atomic mass is 9.58. The first kappa shape index (κ1) is 44.9. The molecule has 46 heavy (non-hydrogen) atoms. The topological polar surface area (TPSA) is 63.6 Å². The summed E-state index contributed by atoms with van der Waals surface area (Å²) in [6.45, 7) is 19.0. The van der Waals surface area contributed by atoms with Crippen LogP contribution in [0.1, 0.15) is 216 Å². The van der Waals surface area contributed by atoms with Crippen LogP contribution < -0.4 is 0 Å². The lowest BCUT2D eigenvalue weighted by Crippen LogP contribution is -2.48. The molecule has 274 valence electrons. The maximum atomic E-state index is 14.4. The summed E-state index contributed by atoms with van der Waals surface area (Å²) in [6.07, 6.45) is 29.4.